The van der Waals surface area contributed by atoms with Gasteiger partial charge in [0.25, 0.3) is 0 Å². The third-order valence-corrected chi connectivity index (χ3v) is 11.7. The van der Waals surface area contributed by atoms with Gasteiger partial charge in [-0.15, -0.1) is 0 Å². The topological polar surface area (TPSA) is 24.9 Å². The van der Waals surface area contributed by atoms with Crippen LogP contribution in [-0.4, -0.2) is 13.8 Å². The van der Waals surface area contributed by atoms with Crippen LogP contribution in [0.25, 0.3) is 97.9 Å². The van der Waals surface area contributed by atoms with Gasteiger partial charge in [0.15, 0.2) is 0 Å². The van der Waals surface area contributed by atoms with E-state index < -0.39 is 0 Å². The normalized spacial score (nSPS) is 12.5. The van der Waals surface area contributed by atoms with Crippen LogP contribution < -0.4 is 4.90 Å². The van der Waals surface area contributed by atoms with Crippen molar-refractivity contribution in [2.24, 2.45) is 0 Å². The number of benzene rings is 8. The van der Waals surface area contributed by atoms with Crippen molar-refractivity contribution in [2.75, 3.05) is 4.90 Å². The van der Waals surface area contributed by atoms with E-state index in [0.29, 0.717) is 0 Å². The van der Waals surface area contributed by atoms with Gasteiger partial charge in [0.2, 0.25) is 0 Å². The van der Waals surface area contributed by atoms with Crippen molar-refractivity contribution in [3.8, 4) is 0 Å². The van der Waals surface area contributed by atoms with Crippen LogP contribution in [-0.2, 0) is 0 Å². The van der Waals surface area contributed by atoms with E-state index in [0.717, 1.165) is 28.2 Å². The monoisotopic (exact) mass is 672 g/mol. The summed E-state index contributed by atoms with van der Waals surface area (Å²) in [6, 6.07) is 59.6. The standard InChI is InChI=1S/C49H28N4/c1-3-15-31(16-4-1)51(32-17-5-2-6-18-32)40-24-12-23-36-43-34-20-10-8-14-30(34)27-38-44-41(52(47(36)40)48(38)43)28-50-49-45(44)37-22-11-21-35-42-33-19-9-7-13-29(33)25-26-39(42)53(49)46(35)37/h1-28H. The van der Waals surface area contributed by atoms with Crippen molar-refractivity contribution in [2.45, 2.75) is 0 Å². The molecule has 0 saturated heterocycles. The lowest BCUT2D eigenvalue weighted by Gasteiger charge is -2.26. The Bertz CT molecular complexity index is 3580. The van der Waals surface area contributed by atoms with Crippen LogP contribution in [0.4, 0.5) is 17.1 Å². The van der Waals surface area contributed by atoms with Gasteiger partial charge in [0.05, 0.1) is 39.5 Å². The summed E-state index contributed by atoms with van der Waals surface area (Å²) in [4.78, 5) is 7.82. The summed E-state index contributed by atoms with van der Waals surface area (Å²) in [6.45, 7) is 0. The molecule has 0 unspecified atom stereocenters. The van der Waals surface area contributed by atoms with Crippen molar-refractivity contribution < 1.29 is 0 Å². The van der Waals surface area contributed by atoms with Gasteiger partial charge >= 0.3 is 0 Å². The Morgan fingerprint density at radius 1 is 0.377 bits per heavy atom. The number of fused-ring (bicyclic) bond motifs is 17. The van der Waals surface area contributed by atoms with E-state index in [1.165, 1.54) is 86.7 Å². The highest BCUT2D eigenvalue weighted by molar-refractivity contribution is 6.39. The Morgan fingerprint density at radius 3 is 1.74 bits per heavy atom. The number of rotatable bonds is 3. The van der Waals surface area contributed by atoms with Gasteiger partial charge in [-0.2, -0.15) is 0 Å². The third kappa shape index (κ3) is 3.34. The largest absolute Gasteiger partial charge is 0.308 e. The minimum atomic E-state index is 1.01. The summed E-state index contributed by atoms with van der Waals surface area (Å²) in [5.74, 6) is 0. The molecule has 0 amide bonds. The maximum atomic E-state index is 5.42. The van der Waals surface area contributed by atoms with Crippen LogP contribution in [0.15, 0.2) is 170 Å². The summed E-state index contributed by atoms with van der Waals surface area (Å²) in [7, 11) is 0. The molecule has 13 aromatic rings. The maximum Gasteiger partial charge on any atom is 0.146 e. The molecule has 4 heteroatoms. The number of anilines is 3. The molecule has 0 aliphatic rings. The van der Waals surface area contributed by atoms with Crippen molar-refractivity contribution in [3.63, 3.8) is 0 Å². The Labute approximate surface area is 302 Å². The van der Waals surface area contributed by atoms with E-state index in [2.05, 4.69) is 184 Å². The molecular formula is C49H28N4. The third-order valence-electron chi connectivity index (χ3n) is 11.7. The molecule has 244 valence electrons. The SMILES string of the molecule is c1ccc(N(c2ccccc2)c2cccc3c4c5ccccc5cc5c6c7c8cccc9c%10c%11ccccc%11ccc%10n(c7ncc6n(c23)c54)c98)cc1. The quantitative estimate of drug-likeness (QED) is 0.187. The fourth-order valence-electron chi connectivity index (χ4n) is 9.73. The van der Waals surface area contributed by atoms with Gasteiger partial charge < -0.3 is 9.30 Å². The van der Waals surface area contributed by atoms with E-state index >= 15 is 0 Å². The Hall–Kier alpha value is -7.17. The highest BCUT2D eigenvalue weighted by atomic mass is 15.2. The molecule has 53 heavy (non-hydrogen) atoms. The van der Waals surface area contributed by atoms with Crippen molar-refractivity contribution in [3.05, 3.63) is 170 Å². The number of hydrogen-bond acceptors (Lipinski definition) is 2. The first-order chi connectivity index (χ1) is 26.3. The molecule has 5 aromatic heterocycles. The predicted octanol–water partition coefficient (Wildman–Crippen LogP) is 13.2. The summed E-state index contributed by atoms with van der Waals surface area (Å²) in [6.07, 6.45) is 2.13. The zero-order valence-corrected chi connectivity index (χ0v) is 28.5. The van der Waals surface area contributed by atoms with Crippen LogP contribution >= 0.6 is 0 Å². The minimum absolute atomic E-state index is 1.01. The molecule has 0 atom stereocenters. The Morgan fingerprint density at radius 2 is 0.981 bits per heavy atom. The van der Waals surface area contributed by atoms with Crippen LogP contribution in [0.3, 0.4) is 0 Å². The summed E-state index contributed by atoms with van der Waals surface area (Å²) in [5.41, 5.74) is 10.4. The zero-order chi connectivity index (χ0) is 34.4. The first kappa shape index (κ1) is 27.5. The van der Waals surface area contributed by atoms with E-state index in [1.54, 1.807) is 0 Å². The van der Waals surface area contributed by atoms with Crippen molar-refractivity contribution in [1.82, 2.24) is 13.8 Å². The summed E-state index contributed by atoms with van der Waals surface area (Å²) < 4.78 is 4.94. The fourth-order valence-corrected chi connectivity index (χ4v) is 9.73. The van der Waals surface area contributed by atoms with Crippen molar-refractivity contribution >= 4 is 115 Å². The lowest BCUT2D eigenvalue weighted by Crippen LogP contribution is -2.10. The van der Waals surface area contributed by atoms with Gasteiger partial charge in [-0.3, -0.25) is 4.40 Å². The number of nitrogens with zero attached hydrogens (tertiary/aromatic N) is 4. The molecule has 0 spiro atoms. The van der Waals surface area contributed by atoms with Crippen LogP contribution in [0, 0.1) is 0 Å². The molecule has 0 aliphatic heterocycles. The summed E-state index contributed by atoms with van der Waals surface area (Å²) in [5, 5.41) is 15.1. The smallest absolute Gasteiger partial charge is 0.146 e. The lowest BCUT2D eigenvalue weighted by atomic mass is 9.98. The number of pyridine rings is 1. The molecule has 8 aromatic carbocycles. The number of hydrogen-bond donors (Lipinski definition) is 0. The molecule has 0 saturated carbocycles. The Balaban J connectivity index is 1.26. The zero-order valence-electron chi connectivity index (χ0n) is 28.5. The maximum absolute atomic E-state index is 5.42. The van der Waals surface area contributed by atoms with Crippen molar-refractivity contribution in [1.29, 1.82) is 0 Å². The fraction of sp³-hybridized carbons (Fsp3) is 0. The van der Waals surface area contributed by atoms with E-state index in [-0.39, 0.29) is 0 Å². The second-order valence-electron chi connectivity index (χ2n) is 14.3. The van der Waals surface area contributed by atoms with E-state index in [9.17, 15) is 0 Å². The average Bonchev–Trinajstić information content (AvgIpc) is 3.95. The minimum Gasteiger partial charge on any atom is -0.308 e. The second-order valence-corrected chi connectivity index (χ2v) is 14.3. The molecule has 0 aliphatic carbocycles. The van der Waals surface area contributed by atoms with E-state index in [1.807, 2.05) is 0 Å². The summed E-state index contributed by atoms with van der Waals surface area (Å²) >= 11 is 0. The number of para-hydroxylation sites is 4. The highest BCUT2D eigenvalue weighted by Crippen LogP contribution is 2.50. The molecule has 0 bridgehead atoms. The first-order valence-corrected chi connectivity index (χ1v) is 18.2. The van der Waals surface area contributed by atoms with Crippen LogP contribution in [0.2, 0.25) is 0 Å². The van der Waals surface area contributed by atoms with Gasteiger partial charge in [0.1, 0.15) is 5.65 Å². The van der Waals surface area contributed by atoms with Gasteiger partial charge in [0, 0.05) is 54.5 Å². The molecule has 0 fully saturated rings. The predicted molar refractivity (Wildman–Crippen MR) is 223 cm³/mol. The molecule has 13 rings (SSSR count). The van der Waals surface area contributed by atoms with Crippen LogP contribution in [0.5, 0.6) is 0 Å². The highest BCUT2D eigenvalue weighted by Gasteiger charge is 2.28. The molecule has 0 N–H and O–H groups in total. The molecular weight excluding hydrogens is 645 g/mol. The van der Waals surface area contributed by atoms with Gasteiger partial charge in [-0.1, -0.05) is 121 Å². The number of aromatic nitrogens is 3. The van der Waals surface area contributed by atoms with Gasteiger partial charge in [-0.05, 0) is 64.0 Å². The first-order valence-electron chi connectivity index (χ1n) is 18.2. The Kier molecular flexibility index (Phi) is 5.08. The molecule has 0 radical (unpaired) electrons. The molecule has 5 heterocycles. The second kappa shape index (κ2) is 9.78. The lowest BCUT2D eigenvalue weighted by molar-refractivity contribution is 1.25. The average molecular weight is 673 g/mol. The van der Waals surface area contributed by atoms with Gasteiger partial charge in [-0.25, -0.2) is 4.98 Å². The van der Waals surface area contributed by atoms with Crippen LogP contribution in [0.1, 0.15) is 0 Å². The molecule has 4 nitrogen and oxygen atoms in total. The van der Waals surface area contributed by atoms with E-state index in [4.69, 9.17) is 4.98 Å².